The van der Waals surface area contributed by atoms with E-state index in [9.17, 15) is 9.90 Å². The Bertz CT molecular complexity index is 703. The average molecular weight is 335 g/mol. The van der Waals surface area contributed by atoms with Crippen LogP contribution < -0.4 is 10.6 Å². The molecule has 0 saturated heterocycles. The summed E-state index contributed by atoms with van der Waals surface area (Å²) >= 11 is 5.98. The van der Waals surface area contributed by atoms with Gasteiger partial charge in [-0.3, -0.25) is 4.68 Å². The summed E-state index contributed by atoms with van der Waals surface area (Å²) in [5.41, 5.74) is 1.81. The fraction of sp³-hybridized carbons (Fsp3) is 0.375. The first-order chi connectivity index (χ1) is 11.0. The topological polar surface area (TPSA) is 79.2 Å². The summed E-state index contributed by atoms with van der Waals surface area (Å²) in [6, 6.07) is 7.53. The van der Waals surface area contributed by atoms with Crippen molar-refractivity contribution in [1.82, 2.24) is 20.4 Å². The van der Waals surface area contributed by atoms with Gasteiger partial charge < -0.3 is 15.7 Å². The quantitative estimate of drug-likeness (QED) is 0.782. The van der Waals surface area contributed by atoms with Crippen LogP contribution in [0.3, 0.4) is 0 Å². The molecule has 3 rings (SSSR count). The Morgan fingerprint density at radius 3 is 3.09 bits per heavy atom. The van der Waals surface area contributed by atoms with E-state index in [2.05, 4.69) is 15.7 Å². The number of carbonyl (C=O) groups is 1. The summed E-state index contributed by atoms with van der Waals surface area (Å²) < 4.78 is 1.61. The number of aliphatic hydroxyl groups is 1. The largest absolute Gasteiger partial charge is 0.386 e. The molecule has 0 radical (unpaired) electrons. The average Bonchev–Trinajstić information content (AvgIpc) is 3.14. The van der Waals surface area contributed by atoms with Gasteiger partial charge in [-0.25, -0.2) is 4.79 Å². The van der Waals surface area contributed by atoms with Crippen molar-refractivity contribution in [2.45, 2.75) is 24.5 Å². The molecule has 0 aliphatic heterocycles. The molecule has 2 aromatic rings. The summed E-state index contributed by atoms with van der Waals surface area (Å²) in [4.78, 5) is 11.9. The smallest absolute Gasteiger partial charge is 0.315 e. The maximum Gasteiger partial charge on any atom is 0.315 e. The number of hydrogen-bond donors (Lipinski definition) is 3. The predicted molar refractivity (Wildman–Crippen MR) is 87.3 cm³/mol. The number of aryl methyl sites for hydroxylation is 1. The summed E-state index contributed by atoms with van der Waals surface area (Å²) in [7, 11) is 1.78. The van der Waals surface area contributed by atoms with Gasteiger partial charge >= 0.3 is 6.03 Å². The number of nitrogens with one attached hydrogen (secondary N) is 2. The second-order valence-corrected chi connectivity index (χ2v) is 6.26. The van der Waals surface area contributed by atoms with Gasteiger partial charge in [0.1, 0.15) is 0 Å². The van der Waals surface area contributed by atoms with E-state index in [-0.39, 0.29) is 18.6 Å². The molecule has 1 heterocycles. The Balaban J connectivity index is 1.44. The third-order valence-electron chi connectivity index (χ3n) is 3.95. The second kappa shape index (κ2) is 6.60. The highest BCUT2D eigenvalue weighted by molar-refractivity contribution is 6.30. The van der Waals surface area contributed by atoms with Crippen LogP contribution in [0, 0.1) is 0 Å². The maximum atomic E-state index is 11.9. The van der Waals surface area contributed by atoms with Gasteiger partial charge in [-0.2, -0.15) is 5.10 Å². The molecular weight excluding hydrogens is 316 g/mol. The van der Waals surface area contributed by atoms with Crippen LogP contribution in [0.4, 0.5) is 4.79 Å². The van der Waals surface area contributed by atoms with Gasteiger partial charge in [-0.15, -0.1) is 0 Å². The number of amides is 2. The zero-order valence-corrected chi connectivity index (χ0v) is 13.5. The fourth-order valence-electron chi connectivity index (χ4n) is 2.60. The Morgan fingerprint density at radius 1 is 1.57 bits per heavy atom. The summed E-state index contributed by atoms with van der Waals surface area (Å²) in [5.74, 6) is 0.308. The maximum absolute atomic E-state index is 11.9. The van der Waals surface area contributed by atoms with E-state index in [1.54, 1.807) is 24.1 Å². The highest BCUT2D eigenvalue weighted by Crippen LogP contribution is 2.41. The van der Waals surface area contributed by atoms with Crippen LogP contribution in [-0.2, 0) is 7.05 Å². The zero-order chi connectivity index (χ0) is 16.4. The lowest BCUT2D eigenvalue weighted by Gasteiger charge is -2.11. The normalized spacial score (nSPS) is 20.8. The molecule has 0 bridgehead atoms. The first-order valence-electron chi connectivity index (χ1n) is 7.49. The molecule has 2 amide bonds. The molecule has 1 aromatic heterocycles. The van der Waals surface area contributed by atoms with Crippen molar-refractivity contribution in [3.8, 4) is 0 Å². The molecule has 1 fully saturated rings. The van der Waals surface area contributed by atoms with Crippen molar-refractivity contribution in [2.24, 2.45) is 7.05 Å². The number of aliphatic hydroxyl groups excluding tert-OH is 1. The van der Waals surface area contributed by atoms with Gasteiger partial charge in [0, 0.05) is 42.3 Å². The van der Waals surface area contributed by atoms with Crippen molar-refractivity contribution in [3.63, 3.8) is 0 Å². The van der Waals surface area contributed by atoms with Crippen LogP contribution in [0.5, 0.6) is 0 Å². The van der Waals surface area contributed by atoms with Crippen LogP contribution in [0.15, 0.2) is 36.7 Å². The molecular formula is C16H19ClN4O2. The minimum atomic E-state index is -0.766. The summed E-state index contributed by atoms with van der Waals surface area (Å²) in [6.45, 7) is 0.145. The van der Waals surface area contributed by atoms with Gasteiger partial charge in [0.05, 0.1) is 12.3 Å². The molecule has 3 atom stereocenters. The molecule has 23 heavy (non-hydrogen) atoms. The van der Waals surface area contributed by atoms with Crippen LogP contribution in [0.2, 0.25) is 5.02 Å². The monoisotopic (exact) mass is 334 g/mol. The fourth-order valence-corrected chi connectivity index (χ4v) is 2.80. The SMILES string of the molecule is Cn1cc([C@H](O)CNC(=O)N[C@H]2C[C@H]2c2cccc(Cl)c2)cn1. The Hall–Kier alpha value is -2.05. The lowest BCUT2D eigenvalue weighted by atomic mass is 10.1. The van der Waals surface area contributed by atoms with Crippen LogP contribution in [0.1, 0.15) is 29.6 Å². The standard InChI is InChI=1S/C16H19ClN4O2/c1-21-9-11(7-19-21)15(22)8-18-16(23)20-14-6-13(14)10-3-2-4-12(17)5-10/h2-5,7,9,13-15,22H,6,8H2,1H3,(H2,18,20,23)/t13-,14-,15+/m0/s1. The molecule has 6 nitrogen and oxygen atoms in total. The molecule has 7 heteroatoms. The van der Waals surface area contributed by atoms with Crippen molar-refractivity contribution in [1.29, 1.82) is 0 Å². The Labute approximate surface area is 139 Å². The molecule has 1 saturated carbocycles. The van der Waals surface area contributed by atoms with Gasteiger partial charge in [-0.05, 0) is 24.1 Å². The van der Waals surface area contributed by atoms with Crippen molar-refractivity contribution in [2.75, 3.05) is 6.54 Å². The van der Waals surface area contributed by atoms with Crippen LogP contribution >= 0.6 is 11.6 Å². The predicted octanol–water partition coefficient (Wildman–Crippen LogP) is 1.96. The molecule has 0 spiro atoms. The summed E-state index contributed by atoms with van der Waals surface area (Å²) in [5, 5.41) is 20.3. The first-order valence-corrected chi connectivity index (χ1v) is 7.87. The highest BCUT2D eigenvalue weighted by Gasteiger charge is 2.39. The lowest BCUT2D eigenvalue weighted by Crippen LogP contribution is -2.39. The van der Waals surface area contributed by atoms with E-state index in [1.807, 2.05) is 24.3 Å². The lowest BCUT2D eigenvalue weighted by molar-refractivity contribution is 0.173. The number of urea groups is 1. The third kappa shape index (κ3) is 4.03. The van der Waals surface area contributed by atoms with Crippen molar-refractivity contribution >= 4 is 17.6 Å². The molecule has 1 aromatic carbocycles. The molecule has 3 N–H and O–H groups in total. The van der Waals surface area contributed by atoms with Crippen LogP contribution in [-0.4, -0.2) is 33.5 Å². The second-order valence-electron chi connectivity index (χ2n) is 5.82. The minimum Gasteiger partial charge on any atom is -0.386 e. The molecule has 122 valence electrons. The molecule has 1 aliphatic carbocycles. The number of rotatable bonds is 5. The van der Waals surface area contributed by atoms with E-state index in [4.69, 9.17) is 11.6 Å². The number of nitrogens with zero attached hydrogens (tertiary/aromatic N) is 2. The van der Waals surface area contributed by atoms with Gasteiger partial charge in [0.15, 0.2) is 0 Å². The van der Waals surface area contributed by atoms with E-state index >= 15 is 0 Å². The van der Waals surface area contributed by atoms with Crippen molar-refractivity contribution in [3.05, 3.63) is 52.8 Å². The molecule has 0 unspecified atom stereocenters. The number of aromatic nitrogens is 2. The van der Waals surface area contributed by atoms with Gasteiger partial charge in [0.2, 0.25) is 0 Å². The van der Waals surface area contributed by atoms with Gasteiger partial charge in [-0.1, -0.05) is 23.7 Å². The molecule has 1 aliphatic rings. The minimum absolute atomic E-state index is 0.115. The number of hydrogen-bond acceptors (Lipinski definition) is 3. The third-order valence-corrected chi connectivity index (χ3v) is 4.18. The number of carbonyl (C=O) groups excluding carboxylic acids is 1. The Kier molecular flexibility index (Phi) is 4.54. The summed E-state index contributed by atoms with van der Waals surface area (Å²) in [6.07, 6.45) is 3.44. The first kappa shape index (κ1) is 15.8. The Morgan fingerprint density at radius 2 is 2.39 bits per heavy atom. The van der Waals surface area contributed by atoms with E-state index < -0.39 is 6.10 Å². The number of benzene rings is 1. The van der Waals surface area contributed by atoms with E-state index in [0.29, 0.717) is 16.5 Å². The van der Waals surface area contributed by atoms with Crippen LogP contribution in [0.25, 0.3) is 0 Å². The highest BCUT2D eigenvalue weighted by atomic mass is 35.5. The zero-order valence-electron chi connectivity index (χ0n) is 12.7. The van der Waals surface area contributed by atoms with E-state index in [0.717, 1.165) is 12.0 Å². The van der Waals surface area contributed by atoms with Crippen molar-refractivity contribution < 1.29 is 9.90 Å². The van der Waals surface area contributed by atoms with E-state index in [1.165, 1.54) is 0 Å². The number of halogens is 1. The van der Waals surface area contributed by atoms with Gasteiger partial charge in [0.25, 0.3) is 0 Å².